The van der Waals surface area contributed by atoms with Crippen LogP contribution in [0, 0.1) is 0 Å². The Kier molecular flexibility index (Phi) is 3.96. The predicted octanol–water partition coefficient (Wildman–Crippen LogP) is 1.90. The van der Waals surface area contributed by atoms with Crippen molar-refractivity contribution in [2.75, 3.05) is 11.9 Å². The number of carbonyl (C=O) groups excluding carboxylic acids is 1. The Morgan fingerprint density at radius 2 is 2.26 bits per heavy atom. The highest BCUT2D eigenvalue weighted by Crippen LogP contribution is 2.30. The van der Waals surface area contributed by atoms with E-state index in [0.29, 0.717) is 6.61 Å². The summed E-state index contributed by atoms with van der Waals surface area (Å²) in [6, 6.07) is 7.00. The number of rotatable bonds is 4. The molecule has 1 amide bonds. The van der Waals surface area contributed by atoms with Crippen LogP contribution in [0.4, 0.5) is 5.69 Å². The Morgan fingerprint density at radius 3 is 3.07 bits per heavy atom. The second-order valence-corrected chi connectivity index (χ2v) is 5.98. The average molecular weight is 364 g/mol. The van der Waals surface area contributed by atoms with Gasteiger partial charge >= 0.3 is 0 Å². The molecule has 0 radical (unpaired) electrons. The van der Waals surface area contributed by atoms with Crippen LogP contribution < -0.4 is 15.4 Å². The smallest absolute Gasteiger partial charge is 0.270 e. The molecular weight excluding hydrogens is 348 g/mol. The third kappa shape index (κ3) is 3.17. The standard InChI is InChI=1S/C18H16N6O3/c1-10-8-27-16-4-3-12(5-13(16)22-10)7-19-17(26)14-6-15(11(2)25)24-18(23-14)20-9-21-24/h3-6,9,22,25H,1-2,7-8H2,(H,19,26). The SMILES string of the molecule is C=C1COc2ccc(CNC(=O)c3cc(C(=C)O)n4ncnc4n3)cc2N1. The number of fused-ring (bicyclic) bond motifs is 2. The largest absolute Gasteiger partial charge is 0.506 e. The lowest BCUT2D eigenvalue weighted by atomic mass is 10.1. The van der Waals surface area contributed by atoms with Crippen molar-refractivity contribution in [3.63, 3.8) is 0 Å². The van der Waals surface area contributed by atoms with E-state index in [1.807, 2.05) is 18.2 Å². The number of nitrogens with one attached hydrogen (secondary N) is 2. The number of carbonyl (C=O) groups is 1. The minimum Gasteiger partial charge on any atom is -0.506 e. The van der Waals surface area contributed by atoms with E-state index < -0.39 is 5.91 Å². The van der Waals surface area contributed by atoms with Gasteiger partial charge in [0, 0.05) is 12.2 Å². The second-order valence-electron chi connectivity index (χ2n) is 5.98. The number of anilines is 1. The first-order chi connectivity index (χ1) is 13.0. The second kappa shape index (κ2) is 6.45. The number of ether oxygens (including phenoxy) is 1. The number of amides is 1. The van der Waals surface area contributed by atoms with Gasteiger partial charge in [-0.15, -0.1) is 0 Å². The summed E-state index contributed by atoms with van der Waals surface area (Å²) in [6.45, 7) is 8.04. The Balaban J connectivity index is 1.53. The zero-order valence-electron chi connectivity index (χ0n) is 14.3. The fraction of sp³-hybridized carbons (Fsp3) is 0.111. The molecule has 3 heterocycles. The molecular formula is C18H16N6O3. The van der Waals surface area contributed by atoms with Crippen LogP contribution in [0.2, 0.25) is 0 Å². The highest BCUT2D eigenvalue weighted by Gasteiger charge is 2.16. The van der Waals surface area contributed by atoms with Gasteiger partial charge in [0.1, 0.15) is 35.8 Å². The number of benzene rings is 1. The maximum absolute atomic E-state index is 12.5. The summed E-state index contributed by atoms with van der Waals surface area (Å²) < 4.78 is 6.85. The monoisotopic (exact) mass is 364 g/mol. The molecule has 9 nitrogen and oxygen atoms in total. The van der Waals surface area contributed by atoms with E-state index in [1.165, 1.54) is 16.9 Å². The number of aromatic nitrogens is 4. The van der Waals surface area contributed by atoms with Gasteiger partial charge in [-0.25, -0.2) is 4.98 Å². The Hall–Kier alpha value is -3.88. The van der Waals surface area contributed by atoms with Gasteiger partial charge in [0.15, 0.2) is 0 Å². The van der Waals surface area contributed by atoms with Crippen LogP contribution >= 0.6 is 0 Å². The molecule has 2 aromatic heterocycles. The van der Waals surface area contributed by atoms with E-state index in [1.54, 1.807) is 0 Å². The van der Waals surface area contributed by atoms with Gasteiger partial charge in [-0.3, -0.25) is 4.79 Å². The van der Waals surface area contributed by atoms with Crippen molar-refractivity contribution in [2.24, 2.45) is 0 Å². The van der Waals surface area contributed by atoms with Gasteiger partial charge in [-0.2, -0.15) is 14.6 Å². The Morgan fingerprint density at radius 1 is 1.41 bits per heavy atom. The van der Waals surface area contributed by atoms with Crippen LogP contribution in [0.3, 0.4) is 0 Å². The van der Waals surface area contributed by atoms with E-state index in [-0.39, 0.29) is 29.5 Å². The van der Waals surface area contributed by atoms with Gasteiger partial charge in [0.25, 0.3) is 11.7 Å². The van der Waals surface area contributed by atoms with Crippen molar-refractivity contribution in [3.05, 3.63) is 66.4 Å². The Labute approximate surface area is 154 Å². The fourth-order valence-corrected chi connectivity index (χ4v) is 2.71. The van der Waals surface area contributed by atoms with Crippen LogP contribution in [0.15, 0.2) is 49.4 Å². The predicted molar refractivity (Wildman–Crippen MR) is 98.3 cm³/mol. The zero-order chi connectivity index (χ0) is 19.0. The topological polar surface area (TPSA) is 114 Å². The third-order valence-corrected chi connectivity index (χ3v) is 3.99. The summed E-state index contributed by atoms with van der Waals surface area (Å²) in [5.74, 6) is 0.293. The highest BCUT2D eigenvalue weighted by atomic mass is 16.5. The van der Waals surface area contributed by atoms with Crippen molar-refractivity contribution in [3.8, 4) is 5.75 Å². The molecule has 1 aliphatic rings. The lowest BCUT2D eigenvalue weighted by molar-refractivity contribution is 0.0946. The molecule has 3 aromatic rings. The highest BCUT2D eigenvalue weighted by molar-refractivity contribution is 5.93. The molecule has 0 saturated carbocycles. The molecule has 0 atom stereocenters. The summed E-state index contributed by atoms with van der Waals surface area (Å²) >= 11 is 0. The first-order valence-electron chi connectivity index (χ1n) is 8.09. The molecule has 0 bridgehead atoms. The van der Waals surface area contributed by atoms with Gasteiger partial charge < -0.3 is 20.5 Å². The molecule has 0 fully saturated rings. The van der Waals surface area contributed by atoms with E-state index in [0.717, 1.165) is 22.7 Å². The molecule has 0 spiro atoms. The van der Waals surface area contributed by atoms with E-state index in [4.69, 9.17) is 4.74 Å². The van der Waals surface area contributed by atoms with Crippen molar-refractivity contribution >= 4 is 23.1 Å². The van der Waals surface area contributed by atoms with E-state index >= 15 is 0 Å². The first-order valence-corrected chi connectivity index (χ1v) is 8.09. The molecule has 0 saturated heterocycles. The summed E-state index contributed by atoms with van der Waals surface area (Å²) in [4.78, 5) is 20.6. The number of hydrogen-bond acceptors (Lipinski definition) is 7. The molecule has 27 heavy (non-hydrogen) atoms. The fourth-order valence-electron chi connectivity index (χ4n) is 2.71. The van der Waals surface area contributed by atoms with Crippen LogP contribution in [0.5, 0.6) is 5.75 Å². The van der Waals surface area contributed by atoms with Gasteiger partial charge in [0.05, 0.1) is 5.69 Å². The van der Waals surface area contributed by atoms with E-state index in [9.17, 15) is 9.90 Å². The van der Waals surface area contributed by atoms with Crippen LogP contribution in [-0.4, -0.2) is 37.2 Å². The van der Waals surface area contributed by atoms with Crippen molar-refractivity contribution < 1.29 is 14.6 Å². The lowest BCUT2D eigenvalue weighted by Crippen LogP contribution is -2.25. The molecule has 4 rings (SSSR count). The molecule has 136 valence electrons. The average Bonchev–Trinajstić information content (AvgIpc) is 3.13. The molecule has 9 heteroatoms. The number of aliphatic hydroxyl groups is 1. The maximum Gasteiger partial charge on any atom is 0.270 e. The van der Waals surface area contributed by atoms with Gasteiger partial charge in [-0.1, -0.05) is 19.2 Å². The number of nitrogens with zero attached hydrogens (tertiary/aromatic N) is 4. The van der Waals surface area contributed by atoms with Crippen molar-refractivity contribution in [2.45, 2.75) is 6.54 Å². The van der Waals surface area contributed by atoms with Crippen molar-refractivity contribution in [1.82, 2.24) is 24.9 Å². The molecule has 0 aliphatic carbocycles. The molecule has 0 unspecified atom stereocenters. The number of aliphatic hydroxyl groups excluding tert-OH is 1. The minimum absolute atomic E-state index is 0.105. The van der Waals surface area contributed by atoms with Crippen LogP contribution in [0.25, 0.3) is 11.5 Å². The Bertz CT molecular complexity index is 1090. The van der Waals surface area contributed by atoms with Crippen LogP contribution in [-0.2, 0) is 6.54 Å². The quantitative estimate of drug-likeness (QED) is 0.606. The number of hydrogen-bond donors (Lipinski definition) is 3. The van der Waals surface area contributed by atoms with E-state index in [2.05, 4.69) is 38.9 Å². The minimum atomic E-state index is -0.408. The van der Waals surface area contributed by atoms with Gasteiger partial charge in [-0.05, 0) is 23.8 Å². The van der Waals surface area contributed by atoms with Gasteiger partial charge in [0.2, 0.25) is 0 Å². The molecule has 1 aliphatic heterocycles. The maximum atomic E-state index is 12.5. The normalized spacial score (nSPS) is 12.8. The van der Waals surface area contributed by atoms with Crippen LogP contribution in [0.1, 0.15) is 21.7 Å². The summed E-state index contributed by atoms with van der Waals surface area (Å²) in [6.07, 6.45) is 1.28. The van der Waals surface area contributed by atoms with Crippen molar-refractivity contribution in [1.29, 1.82) is 0 Å². The summed E-state index contributed by atoms with van der Waals surface area (Å²) in [7, 11) is 0. The molecule has 1 aromatic carbocycles. The summed E-state index contributed by atoms with van der Waals surface area (Å²) in [5, 5.41) is 19.6. The lowest BCUT2D eigenvalue weighted by Gasteiger charge is -2.21. The zero-order valence-corrected chi connectivity index (χ0v) is 14.3. The first kappa shape index (κ1) is 16.6. The third-order valence-electron chi connectivity index (χ3n) is 3.99. The summed E-state index contributed by atoms with van der Waals surface area (Å²) in [5.41, 5.74) is 2.80. The molecule has 3 N–H and O–H groups in total.